The summed E-state index contributed by atoms with van der Waals surface area (Å²) in [5, 5.41) is 2.91. The Morgan fingerprint density at radius 2 is 1.97 bits per heavy atom. The number of morpholine rings is 1. The minimum absolute atomic E-state index is 0.201. The van der Waals surface area contributed by atoms with E-state index in [-0.39, 0.29) is 11.3 Å². The summed E-state index contributed by atoms with van der Waals surface area (Å²) in [7, 11) is -1.41. The van der Waals surface area contributed by atoms with Crippen molar-refractivity contribution < 1.29 is 13.2 Å². The number of hydrogen-bond acceptors (Lipinski definition) is 7. The van der Waals surface area contributed by atoms with Crippen LogP contribution in [0.3, 0.4) is 0 Å². The Labute approximate surface area is 207 Å². The third-order valence-corrected chi connectivity index (χ3v) is 10.3. The Hall–Kier alpha value is -2.49. The van der Waals surface area contributed by atoms with Crippen molar-refractivity contribution in [1.82, 2.24) is 20.3 Å². The Morgan fingerprint density at radius 1 is 1.17 bits per heavy atom. The molecule has 2 N–H and O–H groups in total. The van der Waals surface area contributed by atoms with Gasteiger partial charge in [0.1, 0.15) is 5.82 Å². The number of anilines is 1. The number of sulfone groups is 1. The van der Waals surface area contributed by atoms with Crippen molar-refractivity contribution in [2.75, 3.05) is 31.7 Å². The predicted molar refractivity (Wildman–Crippen MR) is 139 cm³/mol. The molecule has 1 saturated carbocycles. The summed E-state index contributed by atoms with van der Waals surface area (Å²) in [6, 6.07) is 10.1. The third-order valence-electron chi connectivity index (χ3n) is 7.34. The molecule has 8 nitrogen and oxygen atoms in total. The summed E-state index contributed by atoms with van der Waals surface area (Å²) in [5.74, 6) is 0.790. The number of nitrogens with one attached hydrogen (secondary N) is 2. The smallest absolute Gasteiger partial charge is 0.162 e. The van der Waals surface area contributed by atoms with Crippen LogP contribution in [0.4, 0.5) is 5.82 Å². The maximum atomic E-state index is 13.4. The molecule has 0 bridgehead atoms. The molecular formula is C26H35N5O3S. The molecule has 1 aliphatic carbocycles. The number of ether oxygens (including phenoxy) is 1. The lowest BCUT2D eigenvalue weighted by molar-refractivity contribution is 0.0925. The van der Waals surface area contributed by atoms with Gasteiger partial charge in [-0.15, -0.1) is 0 Å². The molecule has 0 amide bonds. The zero-order valence-electron chi connectivity index (χ0n) is 21.0. The fourth-order valence-corrected chi connectivity index (χ4v) is 6.93. The van der Waals surface area contributed by atoms with E-state index in [2.05, 4.69) is 22.1 Å². The van der Waals surface area contributed by atoms with Gasteiger partial charge in [0.25, 0.3) is 0 Å². The van der Waals surface area contributed by atoms with Crippen LogP contribution in [0, 0.1) is 0 Å². The summed E-state index contributed by atoms with van der Waals surface area (Å²) in [4.78, 5) is 15.6. The summed E-state index contributed by atoms with van der Waals surface area (Å²) >= 11 is 0. The maximum absolute atomic E-state index is 13.4. The molecular weight excluding hydrogens is 462 g/mol. The molecule has 0 spiro atoms. The maximum Gasteiger partial charge on any atom is 0.162 e. The van der Waals surface area contributed by atoms with E-state index >= 15 is 0 Å². The molecule has 0 aromatic carbocycles. The minimum atomic E-state index is -3.32. The fourth-order valence-electron chi connectivity index (χ4n) is 4.89. The first-order valence-electron chi connectivity index (χ1n) is 12.5. The summed E-state index contributed by atoms with van der Waals surface area (Å²) in [6.45, 7) is 8.52. The lowest BCUT2D eigenvalue weighted by Gasteiger charge is -2.37. The quantitative estimate of drug-likeness (QED) is 0.489. The average Bonchev–Trinajstić information content (AvgIpc) is 3.64. The number of hydrogen-bond donors (Lipinski definition) is 2. The van der Waals surface area contributed by atoms with Gasteiger partial charge >= 0.3 is 0 Å². The van der Waals surface area contributed by atoms with Crippen LogP contribution in [0.15, 0.2) is 30.3 Å². The van der Waals surface area contributed by atoms with Gasteiger partial charge in [-0.3, -0.25) is 0 Å². The molecule has 4 heterocycles. The lowest BCUT2D eigenvalue weighted by Crippen LogP contribution is -2.45. The SMILES string of the molecule is CC[C@H]1COCCN1c1cc(C(C)(C)S(=O)(=O)C2CC2)cc(-c2ccc3[nH]c(CNC)cc3n2)n1. The fraction of sp³-hybridized carbons (Fsp3) is 0.538. The van der Waals surface area contributed by atoms with Crippen molar-refractivity contribution >= 4 is 26.7 Å². The van der Waals surface area contributed by atoms with E-state index in [4.69, 9.17) is 14.7 Å². The molecule has 1 atom stereocenters. The summed E-state index contributed by atoms with van der Waals surface area (Å²) in [5.41, 5.74) is 5.08. The van der Waals surface area contributed by atoms with Gasteiger partial charge in [0.15, 0.2) is 9.84 Å². The largest absolute Gasteiger partial charge is 0.377 e. The third kappa shape index (κ3) is 4.45. The Balaban J connectivity index is 1.64. The topological polar surface area (TPSA) is 100 Å². The monoisotopic (exact) mass is 497 g/mol. The highest BCUT2D eigenvalue weighted by atomic mass is 32.2. The molecule has 35 heavy (non-hydrogen) atoms. The summed E-state index contributed by atoms with van der Waals surface area (Å²) < 4.78 is 31.6. The normalized spacial score (nSPS) is 19.4. The second-order valence-corrected chi connectivity index (χ2v) is 12.9. The molecule has 5 rings (SSSR count). The van der Waals surface area contributed by atoms with Crippen LogP contribution in [0.2, 0.25) is 0 Å². The van der Waals surface area contributed by atoms with Crippen LogP contribution in [0.5, 0.6) is 0 Å². The number of aromatic amines is 1. The van der Waals surface area contributed by atoms with Crippen molar-refractivity contribution in [1.29, 1.82) is 0 Å². The van der Waals surface area contributed by atoms with Crippen molar-refractivity contribution in [3.05, 3.63) is 41.6 Å². The number of H-pyrrole nitrogens is 1. The molecule has 0 unspecified atom stereocenters. The van der Waals surface area contributed by atoms with Crippen LogP contribution >= 0.6 is 0 Å². The second kappa shape index (κ2) is 9.19. The van der Waals surface area contributed by atoms with E-state index in [9.17, 15) is 8.42 Å². The van der Waals surface area contributed by atoms with E-state index in [1.54, 1.807) is 0 Å². The average molecular weight is 498 g/mol. The van der Waals surface area contributed by atoms with E-state index < -0.39 is 14.6 Å². The highest BCUT2D eigenvalue weighted by Gasteiger charge is 2.47. The number of pyridine rings is 2. The predicted octanol–water partition coefficient (Wildman–Crippen LogP) is 3.77. The first-order chi connectivity index (χ1) is 16.7. The molecule has 188 valence electrons. The first kappa shape index (κ1) is 24.2. The molecule has 2 fully saturated rings. The van der Waals surface area contributed by atoms with E-state index in [1.165, 1.54) is 0 Å². The zero-order valence-corrected chi connectivity index (χ0v) is 21.8. The molecule has 9 heteroatoms. The van der Waals surface area contributed by atoms with Crippen molar-refractivity contribution in [2.24, 2.45) is 0 Å². The standard InChI is InChI=1S/C26H35N5O3S/c1-5-19-16-34-11-10-31(19)25-13-17(26(2,3)35(32,33)20-6-7-20)12-23(30-25)22-9-8-21-24(29-22)14-18(28-21)15-27-4/h8-9,12-14,19-20,27-28H,5-7,10-11,15-16H2,1-4H3/t19-/m0/s1. The molecule has 3 aromatic rings. The Kier molecular flexibility index (Phi) is 6.35. The van der Waals surface area contributed by atoms with Crippen LogP contribution in [0.1, 0.15) is 51.3 Å². The van der Waals surface area contributed by atoms with Gasteiger partial charge < -0.3 is 19.9 Å². The summed E-state index contributed by atoms with van der Waals surface area (Å²) in [6.07, 6.45) is 2.42. The number of aromatic nitrogens is 3. The van der Waals surface area contributed by atoms with E-state index in [1.807, 2.05) is 51.2 Å². The first-order valence-corrected chi connectivity index (χ1v) is 14.0. The Bertz CT molecular complexity index is 1330. The van der Waals surface area contributed by atoms with Crippen LogP contribution in [0.25, 0.3) is 22.4 Å². The van der Waals surface area contributed by atoms with Crippen LogP contribution in [-0.2, 0) is 25.9 Å². The van der Waals surface area contributed by atoms with Gasteiger partial charge in [-0.2, -0.15) is 0 Å². The molecule has 1 aliphatic heterocycles. The van der Waals surface area contributed by atoms with E-state index in [0.29, 0.717) is 18.9 Å². The van der Waals surface area contributed by atoms with Crippen molar-refractivity contribution in [2.45, 2.75) is 62.6 Å². The molecule has 1 saturated heterocycles. The highest BCUT2D eigenvalue weighted by Crippen LogP contribution is 2.43. The highest BCUT2D eigenvalue weighted by molar-refractivity contribution is 7.93. The van der Waals surface area contributed by atoms with Crippen LogP contribution < -0.4 is 10.2 Å². The van der Waals surface area contributed by atoms with Gasteiger partial charge in [0.05, 0.1) is 51.7 Å². The van der Waals surface area contributed by atoms with Gasteiger partial charge in [-0.05, 0) is 76.1 Å². The minimum Gasteiger partial charge on any atom is -0.377 e. The van der Waals surface area contributed by atoms with Crippen LogP contribution in [-0.4, -0.2) is 61.5 Å². The van der Waals surface area contributed by atoms with Gasteiger partial charge in [-0.1, -0.05) is 6.92 Å². The lowest BCUT2D eigenvalue weighted by atomic mass is 10.0. The second-order valence-electron chi connectivity index (χ2n) is 10.1. The van der Waals surface area contributed by atoms with Crippen molar-refractivity contribution in [3.63, 3.8) is 0 Å². The Morgan fingerprint density at radius 3 is 2.69 bits per heavy atom. The van der Waals surface area contributed by atoms with E-state index in [0.717, 1.165) is 66.2 Å². The van der Waals surface area contributed by atoms with Gasteiger partial charge in [0, 0.05) is 18.8 Å². The number of fused-ring (bicyclic) bond motifs is 1. The molecule has 0 radical (unpaired) electrons. The zero-order chi connectivity index (χ0) is 24.8. The molecule has 2 aliphatic rings. The molecule has 3 aromatic heterocycles. The van der Waals surface area contributed by atoms with Crippen molar-refractivity contribution in [3.8, 4) is 11.4 Å². The van der Waals surface area contributed by atoms with Gasteiger partial charge in [0.2, 0.25) is 0 Å². The van der Waals surface area contributed by atoms with Gasteiger partial charge in [-0.25, -0.2) is 18.4 Å². The number of rotatable bonds is 8. The number of nitrogens with zero attached hydrogens (tertiary/aromatic N) is 3.